The molecule has 0 spiro atoms. The van der Waals surface area contributed by atoms with Gasteiger partial charge in [-0.05, 0) is 60.0 Å². The molecule has 7 heteroatoms. The molecule has 1 amide bonds. The van der Waals surface area contributed by atoms with Gasteiger partial charge in [-0.25, -0.2) is 4.39 Å². The van der Waals surface area contributed by atoms with E-state index in [9.17, 15) is 19.1 Å². The predicted molar refractivity (Wildman–Crippen MR) is 130 cm³/mol. The molecule has 1 fully saturated rings. The van der Waals surface area contributed by atoms with E-state index in [0.29, 0.717) is 23.3 Å². The molecule has 1 aliphatic rings. The Morgan fingerprint density at radius 1 is 1.03 bits per heavy atom. The number of benzene rings is 3. The Hall–Kier alpha value is -4.39. The van der Waals surface area contributed by atoms with Crippen molar-refractivity contribution in [2.45, 2.75) is 12.5 Å². The molecule has 4 aromatic rings. The summed E-state index contributed by atoms with van der Waals surface area (Å²) < 4.78 is 18.8. The third kappa shape index (κ3) is 4.05. The van der Waals surface area contributed by atoms with Crippen molar-refractivity contribution in [2.24, 2.45) is 0 Å². The molecule has 5 rings (SSSR count). The normalized spacial score (nSPS) is 17.3. The summed E-state index contributed by atoms with van der Waals surface area (Å²) in [4.78, 5) is 31.0. The van der Waals surface area contributed by atoms with Gasteiger partial charge in [0.1, 0.15) is 17.3 Å². The maximum absolute atomic E-state index is 13.7. The number of aliphatic hydroxyl groups is 1. The van der Waals surface area contributed by atoms with Crippen molar-refractivity contribution >= 4 is 28.4 Å². The van der Waals surface area contributed by atoms with Gasteiger partial charge in [0.2, 0.25) is 0 Å². The molecule has 35 heavy (non-hydrogen) atoms. The maximum Gasteiger partial charge on any atom is 0.295 e. The first kappa shape index (κ1) is 22.4. The molecule has 6 nitrogen and oxygen atoms in total. The lowest BCUT2D eigenvalue weighted by molar-refractivity contribution is -0.139. The zero-order valence-electron chi connectivity index (χ0n) is 19.0. The Morgan fingerprint density at radius 3 is 2.46 bits per heavy atom. The summed E-state index contributed by atoms with van der Waals surface area (Å²) in [5.74, 6) is -1.59. The lowest BCUT2D eigenvalue weighted by Crippen LogP contribution is -2.31. The van der Waals surface area contributed by atoms with E-state index >= 15 is 0 Å². The molecule has 2 N–H and O–H groups in total. The van der Waals surface area contributed by atoms with Crippen molar-refractivity contribution in [3.8, 4) is 5.75 Å². The van der Waals surface area contributed by atoms with E-state index in [4.69, 9.17) is 4.74 Å². The van der Waals surface area contributed by atoms with E-state index in [2.05, 4.69) is 4.98 Å². The first-order valence-corrected chi connectivity index (χ1v) is 11.2. The zero-order valence-corrected chi connectivity index (χ0v) is 19.0. The first-order chi connectivity index (χ1) is 17.0. The van der Waals surface area contributed by atoms with Crippen LogP contribution < -0.4 is 4.74 Å². The number of rotatable bonds is 6. The van der Waals surface area contributed by atoms with Crippen LogP contribution in [0, 0.1) is 5.82 Å². The monoisotopic (exact) mass is 470 g/mol. The fourth-order valence-electron chi connectivity index (χ4n) is 4.59. The van der Waals surface area contributed by atoms with Gasteiger partial charge in [-0.3, -0.25) is 9.59 Å². The summed E-state index contributed by atoms with van der Waals surface area (Å²) in [5.41, 5.74) is 2.90. The molecular weight excluding hydrogens is 447 g/mol. The molecule has 2 heterocycles. The number of H-pyrrole nitrogens is 1. The summed E-state index contributed by atoms with van der Waals surface area (Å²) in [6.07, 6.45) is 2.39. The number of aromatic amines is 1. The molecule has 0 bridgehead atoms. The molecule has 1 aliphatic heterocycles. The highest BCUT2D eigenvalue weighted by atomic mass is 19.1. The van der Waals surface area contributed by atoms with Crippen LogP contribution in [0.5, 0.6) is 5.75 Å². The Labute approximate surface area is 201 Å². The number of fused-ring (bicyclic) bond motifs is 1. The molecule has 1 atom stereocenters. The molecule has 0 aliphatic carbocycles. The molecule has 176 valence electrons. The molecule has 1 saturated heterocycles. The molecule has 0 unspecified atom stereocenters. The average Bonchev–Trinajstić information content (AvgIpc) is 3.41. The van der Waals surface area contributed by atoms with Crippen molar-refractivity contribution in [3.05, 3.63) is 107 Å². The number of para-hydroxylation sites is 1. The van der Waals surface area contributed by atoms with E-state index in [1.807, 2.05) is 30.5 Å². The number of Topliss-reactive ketones (excluding diaryl/α,β-unsaturated/α-hetero) is 1. The van der Waals surface area contributed by atoms with Crippen molar-refractivity contribution in [1.29, 1.82) is 0 Å². The molecule has 3 aromatic carbocycles. The zero-order chi connectivity index (χ0) is 24.5. The van der Waals surface area contributed by atoms with Gasteiger partial charge in [0, 0.05) is 29.2 Å². The Morgan fingerprint density at radius 2 is 1.74 bits per heavy atom. The fourth-order valence-corrected chi connectivity index (χ4v) is 4.59. The summed E-state index contributed by atoms with van der Waals surface area (Å²) in [6, 6.07) is 19.2. The van der Waals surface area contributed by atoms with Crippen LogP contribution in [0.1, 0.15) is 22.7 Å². The number of halogens is 1. The number of methoxy groups -OCH3 is 1. The van der Waals surface area contributed by atoms with Crippen LogP contribution in [0.3, 0.4) is 0 Å². The van der Waals surface area contributed by atoms with Crippen LogP contribution in [-0.2, 0) is 16.0 Å². The summed E-state index contributed by atoms with van der Waals surface area (Å²) in [5, 5.41) is 12.2. The number of nitrogens with one attached hydrogen (secondary N) is 1. The standard InChI is InChI=1S/C28H23FN2O4/c1-35-21-12-8-18(9-13-21)26(32)24-25(17-6-10-20(29)11-7-17)31(28(34)27(24)33)15-14-19-16-30-23-5-3-2-4-22(19)23/h2-13,16,25,30,32H,14-15H2,1H3/t25-/m1/s1. The highest BCUT2D eigenvalue weighted by Gasteiger charge is 2.45. The van der Waals surface area contributed by atoms with Crippen LogP contribution in [0.4, 0.5) is 4.39 Å². The number of ether oxygens (including phenoxy) is 1. The number of amides is 1. The van der Waals surface area contributed by atoms with Gasteiger partial charge in [-0.15, -0.1) is 0 Å². The lowest BCUT2D eigenvalue weighted by Gasteiger charge is -2.25. The summed E-state index contributed by atoms with van der Waals surface area (Å²) in [7, 11) is 1.53. The number of hydrogen-bond donors (Lipinski definition) is 2. The van der Waals surface area contributed by atoms with Gasteiger partial charge in [-0.1, -0.05) is 30.3 Å². The van der Waals surface area contributed by atoms with E-state index in [0.717, 1.165) is 16.5 Å². The minimum atomic E-state index is -0.845. The van der Waals surface area contributed by atoms with Gasteiger partial charge >= 0.3 is 0 Å². The third-order valence-electron chi connectivity index (χ3n) is 6.39. The van der Waals surface area contributed by atoms with Crippen LogP contribution in [0.25, 0.3) is 16.7 Å². The Kier molecular flexibility index (Phi) is 5.82. The number of aliphatic hydroxyl groups excluding tert-OH is 1. The smallest absolute Gasteiger partial charge is 0.295 e. The van der Waals surface area contributed by atoms with E-state index in [-0.39, 0.29) is 17.9 Å². The second kappa shape index (κ2) is 9.10. The third-order valence-corrected chi connectivity index (χ3v) is 6.39. The van der Waals surface area contributed by atoms with E-state index in [1.54, 1.807) is 24.3 Å². The SMILES string of the molecule is COc1ccc(C(O)=C2C(=O)C(=O)N(CCc3c[nH]c4ccccc34)[C@@H]2c2ccc(F)cc2)cc1. The average molecular weight is 471 g/mol. The van der Waals surface area contributed by atoms with Crippen molar-refractivity contribution < 1.29 is 23.8 Å². The second-order valence-electron chi connectivity index (χ2n) is 8.38. The highest BCUT2D eigenvalue weighted by molar-refractivity contribution is 6.46. The van der Waals surface area contributed by atoms with Crippen molar-refractivity contribution in [2.75, 3.05) is 13.7 Å². The van der Waals surface area contributed by atoms with Crippen molar-refractivity contribution in [1.82, 2.24) is 9.88 Å². The number of nitrogens with zero attached hydrogens (tertiary/aromatic N) is 1. The van der Waals surface area contributed by atoms with Crippen LogP contribution >= 0.6 is 0 Å². The minimum absolute atomic E-state index is 0.0225. The summed E-state index contributed by atoms with van der Waals surface area (Å²) in [6.45, 7) is 0.244. The van der Waals surface area contributed by atoms with Crippen LogP contribution in [-0.4, -0.2) is 40.3 Å². The Balaban J connectivity index is 1.55. The number of carbonyl (C=O) groups excluding carboxylic acids is 2. The van der Waals surface area contributed by atoms with Gasteiger partial charge < -0.3 is 19.7 Å². The number of aromatic nitrogens is 1. The van der Waals surface area contributed by atoms with Gasteiger partial charge in [0.15, 0.2) is 0 Å². The summed E-state index contributed by atoms with van der Waals surface area (Å²) >= 11 is 0. The molecule has 0 saturated carbocycles. The van der Waals surface area contributed by atoms with Gasteiger partial charge in [0.05, 0.1) is 18.7 Å². The van der Waals surface area contributed by atoms with E-state index < -0.39 is 23.5 Å². The highest BCUT2D eigenvalue weighted by Crippen LogP contribution is 2.39. The number of ketones is 1. The quantitative estimate of drug-likeness (QED) is 0.237. The fraction of sp³-hybridized carbons (Fsp3) is 0.143. The van der Waals surface area contributed by atoms with E-state index in [1.165, 1.54) is 36.3 Å². The lowest BCUT2D eigenvalue weighted by atomic mass is 9.95. The number of hydrogen-bond acceptors (Lipinski definition) is 4. The second-order valence-corrected chi connectivity index (χ2v) is 8.38. The first-order valence-electron chi connectivity index (χ1n) is 11.2. The van der Waals surface area contributed by atoms with Crippen LogP contribution in [0.2, 0.25) is 0 Å². The van der Waals surface area contributed by atoms with Crippen molar-refractivity contribution in [3.63, 3.8) is 0 Å². The largest absolute Gasteiger partial charge is 0.507 e. The molecule has 1 aromatic heterocycles. The maximum atomic E-state index is 13.7. The number of likely N-dealkylation sites (tertiary alicyclic amines) is 1. The predicted octanol–water partition coefficient (Wildman–Crippen LogP) is 4.98. The topological polar surface area (TPSA) is 82.6 Å². The minimum Gasteiger partial charge on any atom is -0.507 e. The number of carbonyl (C=O) groups is 2. The Bertz CT molecular complexity index is 1440. The van der Waals surface area contributed by atoms with Gasteiger partial charge in [-0.2, -0.15) is 0 Å². The molecule has 0 radical (unpaired) electrons. The molecular formula is C28H23FN2O4. The van der Waals surface area contributed by atoms with Crippen LogP contribution in [0.15, 0.2) is 84.6 Å². The van der Waals surface area contributed by atoms with Gasteiger partial charge in [0.25, 0.3) is 11.7 Å².